The molecule has 45 heavy (non-hydrogen) atoms. The van der Waals surface area contributed by atoms with E-state index in [0.29, 0.717) is 52.8 Å². The Morgan fingerprint density at radius 3 is 1.44 bits per heavy atom. The second kappa shape index (κ2) is 12.8. The minimum absolute atomic E-state index is 0.265. The fourth-order valence-electron chi connectivity index (χ4n) is 6.64. The van der Waals surface area contributed by atoms with Gasteiger partial charge in [0.2, 0.25) is 0 Å². The second-order valence-electron chi connectivity index (χ2n) is 11.9. The van der Waals surface area contributed by atoms with Crippen molar-refractivity contribution < 1.29 is 28.7 Å². The molecule has 1 aliphatic heterocycles. The zero-order valence-electron chi connectivity index (χ0n) is 26.3. The van der Waals surface area contributed by atoms with Crippen molar-refractivity contribution in [1.82, 2.24) is 4.90 Å². The van der Waals surface area contributed by atoms with Crippen molar-refractivity contribution in [2.24, 2.45) is 0 Å². The summed E-state index contributed by atoms with van der Waals surface area (Å²) in [7, 11) is 0. The number of carbonyl (C=O) groups is 4. The van der Waals surface area contributed by atoms with Gasteiger partial charge in [-0.1, -0.05) is 77.1 Å². The van der Waals surface area contributed by atoms with E-state index in [4.69, 9.17) is 9.47 Å². The molecule has 0 saturated carbocycles. The maximum atomic E-state index is 13.7. The first-order chi connectivity index (χ1) is 21.9. The van der Waals surface area contributed by atoms with Crippen LogP contribution in [-0.4, -0.2) is 48.4 Å². The maximum Gasteiger partial charge on any atom is 0.338 e. The third-order valence-electron chi connectivity index (χ3n) is 8.99. The highest BCUT2D eigenvalue weighted by Crippen LogP contribution is 2.45. The van der Waals surface area contributed by atoms with Gasteiger partial charge >= 0.3 is 11.9 Å². The fraction of sp³-hybridized carbons (Fsp3) is 0.368. The van der Waals surface area contributed by atoms with Crippen LogP contribution >= 0.6 is 0 Å². The van der Waals surface area contributed by atoms with Crippen molar-refractivity contribution >= 4 is 66.8 Å². The van der Waals surface area contributed by atoms with Crippen molar-refractivity contribution in [2.75, 3.05) is 19.8 Å². The van der Waals surface area contributed by atoms with E-state index >= 15 is 0 Å². The molecule has 0 fully saturated rings. The third kappa shape index (κ3) is 5.18. The summed E-state index contributed by atoms with van der Waals surface area (Å²) in [5, 5.41) is 6.10. The molecular formula is C38H39NO6. The summed E-state index contributed by atoms with van der Waals surface area (Å²) in [6.45, 7) is 7.17. The van der Waals surface area contributed by atoms with Gasteiger partial charge in [0, 0.05) is 28.4 Å². The van der Waals surface area contributed by atoms with E-state index in [9.17, 15) is 19.2 Å². The summed E-state index contributed by atoms with van der Waals surface area (Å²) >= 11 is 0. The number of amides is 2. The van der Waals surface area contributed by atoms with E-state index < -0.39 is 11.9 Å². The first-order valence-corrected chi connectivity index (χ1v) is 16.3. The molecular weight excluding hydrogens is 566 g/mol. The number of carbonyl (C=O) groups excluding carboxylic acids is 4. The maximum absolute atomic E-state index is 13.7. The summed E-state index contributed by atoms with van der Waals surface area (Å²) < 4.78 is 11.3. The SMILES string of the molecule is CCCCCCN1C(=O)c2ccc3c4ccc(C(=O)OCCCC)c5c(C(=O)OCCCC)ccc(c6ccc(c2c36)C1=O)c54. The molecule has 0 spiro atoms. The van der Waals surface area contributed by atoms with Gasteiger partial charge in [0.15, 0.2) is 0 Å². The third-order valence-corrected chi connectivity index (χ3v) is 8.99. The Balaban J connectivity index is 1.58. The Hall–Kier alpha value is -4.52. The summed E-state index contributed by atoms with van der Waals surface area (Å²) in [5.41, 5.74) is 1.67. The van der Waals surface area contributed by atoms with Crippen LogP contribution in [0.2, 0.25) is 0 Å². The molecule has 0 N–H and O–H groups in total. The number of nitrogens with zero attached hydrogens (tertiary/aromatic N) is 1. The summed E-state index contributed by atoms with van der Waals surface area (Å²) in [6.07, 6.45) is 7.15. The molecule has 5 aromatic rings. The standard InChI is InChI=1S/C38H39NO6/c1-4-7-10-11-20-39-35(40)27-16-12-23-25-14-18-29(37(42)44-21-8-5-2)34-30(38(43)45-22-9-6-3)19-15-26(32(25)34)24-13-17-28(36(39)41)33(27)31(23)24/h12-19H,4-11,20-22H2,1-3H3. The van der Waals surface area contributed by atoms with Crippen LogP contribution in [0.5, 0.6) is 0 Å². The lowest BCUT2D eigenvalue weighted by molar-refractivity contribution is 0.0500. The van der Waals surface area contributed by atoms with E-state index in [1.807, 2.05) is 50.2 Å². The van der Waals surface area contributed by atoms with Crippen molar-refractivity contribution in [1.29, 1.82) is 0 Å². The Morgan fingerprint density at radius 2 is 0.978 bits per heavy atom. The molecule has 0 aliphatic carbocycles. The average Bonchev–Trinajstić information content (AvgIpc) is 3.05. The van der Waals surface area contributed by atoms with Gasteiger partial charge < -0.3 is 9.47 Å². The largest absolute Gasteiger partial charge is 0.462 e. The lowest BCUT2D eigenvalue weighted by Gasteiger charge is -2.28. The predicted octanol–water partition coefficient (Wildman–Crippen LogP) is 8.83. The lowest BCUT2D eigenvalue weighted by Crippen LogP contribution is -2.40. The number of hydrogen-bond acceptors (Lipinski definition) is 6. The van der Waals surface area contributed by atoms with Gasteiger partial charge in [-0.2, -0.15) is 0 Å². The monoisotopic (exact) mass is 605 g/mol. The van der Waals surface area contributed by atoms with E-state index in [1.165, 1.54) is 4.90 Å². The van der Waals surface area contributed by atoms with Crippen molar-refractivity contribution in [3.8, 4) is 0 Å². The second-order valence-corrected chi connectivity index (χ2v) is 11.9. The Morgan fingerprint density at radius 1 is 0.533 bits per heavy atom. The number of esters is 2. The Bertz CT molecular complexity index is 1830. The highest BCUT2D eigenvalue weighted by molar-refractivity contribution is 6.39. The Kier molecular flexibility index (Phi) is 8.70. The van der Waals surface area contributed by atoms with E-state index in [0.717, 1.165) is 83.7 Å². The van der Waals surface area contributed by atoms with Crippen molar-refractivity contribution in [3.63, 3.8) is 0 Å². The van der Waals surface area contributed by atoms with Crippen LogP contribution in [0, 0.1) is 0 Å². The smallest absolute Gasteiger partial charge is 0.338 e. The van der Waals surface area contributed by atoms with Crippen LogP contribution in [0.4, 0.5) is 0 Å². The number of hydrogen-bond donors (Lipinski definition) is 0. The molecule has 1 heterocycles. The van der Waals surface area contributed by atoms with Crippen LogP contribution in [-0.2, 0) is 9.47 Å². The normalized spacial score (nSPS) is 13.1. The van der Waals surface area contributed by atoms with Crippen LogP contribution in [0.15, 0.2) is 48.5 Å². The van der Waals surface area contributed by atoms with Crippen molar-refractivity contribution in [3.05, 3.63) is 70.8 Å². The van der Waals surface area contributed by atoms with Crippen LogP contribution in [0.25, 0.3) is 43.1 Å². The fourth-order valence-corrected chi connectivity index (χ4v) is 6.64. The quantitative estimate of drug-likeness (QED) is 0.0438. The molecule has 6 rings (SSSR count). The first-order valence-electron chi connectivity index (χ1n) is 16.3. The molecule has 1 aliphatic rings. The number of unbranched alkanes of at least 4 members (excludes halogenated alkanes) is 5. The summed E-state index contributed by atoms with van der Waals surface area (Å²) in [6, 6.07) is 14.7. The van der Waals surface area contributed by atoms with Gasteiger partial charge in [0.1, 0.15) is 0 Å². The number of benzene rings is 5. The summed E-state index contributed by atoms with van der Waals surface area (Å²) in [5.74, 6) is -1.50. The lowest BCUT2D eigenvalue weighted by atomic mass is 9.83. The van der Waals surface area contributed by atoms with Crippen molar-refractivity contribution in [2.45, 2.75) is 72.1 Å². The number of rotatable bonds is 13. The highest BCUT2D eigenvalue weighted by atomic mass is 16.5. The van der Waals surface area contributed by atoms with Gasteiger partial charge in [0.25, 0.3) is 11.8 Å². The Labute approximate surface area is 262 Å². The molecule has 0 aromatic heterocycles. The first kappa shape index (κ1) is 30.5. The number of imide groups is 1. The van der Waals surface area contributed by atoms with E-state index in [-0.39, 0.29) is 11.8 Å². The number of ether oxygens (including phenoxy) is 2. The molecule has 232 valence electrons. The zero-order valence-corrected chi connectivity index (χ0v) is 26.3. The van der Waals surface area contributed by atoms with Crippen LogP contribution < -0.4 is 0 Å². The molecule has 0 atom stereocenters. The van der Waals surface area contributed by atoms with Gasteiger partial charge in [-0.3, -0.25) is 14.5 Å². The molecule has 5 aromatic carbocycles. The molecule has 7 heteroatoms. The van der Waals surface area contributed by atoms with Gasteiger partial charge in [-0.05, 0) is 75.8 Å². The predicted molar refractivity (Wildman–Crippen MR) is 178 cm³/mol. The highest BCUT2D eigenvalue weighted by Gasteiger charge is 2.34. The number of fused-ring (bicyclic) bond motifs is 2. The molecule has 0 radical (unpaired) electrons. The topological polar surface area (TPSA) is 90.0 Å². The summed E-state index contributed by atoms with van der Waals surface area (Å²) in [4.78, 5) is 55.6. The zero-order chi connectivity index (χ0) is 31.7. The van der Waals surface area contributed by atoms with Gasteiger partial charge in [-0.15, -0.1) is 0 Å². The van der Waals surface area contributed by atoms with Gasteiger partial charge in [0.05, 0.1) is 24.3 Å². The van der Waals surface area contributed by atoms with Gasteiger partial charge in [-0.25, -0.2) is 9.59 Å². The molecule has 2 amide bonds. The minimum atomic E-state index is -0.485. The molecule has 0 unspecified atom stereocenters. The van der Waals surface area contributed by atoms with Crippen LogP contribution in [0.3, 0.4) is 0 Å². The average molecular weight is 606 g/mol. The van der Waals surface area contributed by atoms with Crippen LogP contribution in [0.1, 0.15) is 114 Å². The minimum Gasteiger partial charge on any atom is -0.462 e. The molecule has 7 nitrogen and oxygen atoms in total. The van der Waals surface area contributed by atoms with E-state index in [2.05, 4.69) is 6.92 Å². The van der Waals surface area contributed by atoms with E-state index in [1.54, 1.807) is 12.1 Å². The molecule has 0 saturated heterocycles. The molecule has 0 bridgehead atoms.